The Kier molecular flexibility index (Phi) is 5.12. The molecular formula is C30H40O6. The zero-order chi connectivity index (χ0) is 24.8. The Balaban J connectivity index is 1.37. The molecular weight excluding hydrogens is 456 g/mol. The van der Waals surface area contributed by atoms with Gasteiger partial charge in [0.1, 0.15) is 5.75 Å². The van der Waals surface area contributed by atoms with Crippen LogP contribution < -0.4 is 4.74 Å². The molecule has 5 fully saturated rings. The van der Waals surface area contributed by atoms with E-state index in [4.69, 9.17) is 23.7 Å². The van der Waals surface area contributed by atoms with E-state index in [1.807, 2.05) is 12.1 Å². The van der Waals surface area contributed by atoms with E-state index in [0.717, 1.165) is 49.8 Å². The fourth-order valence-electron chi connectivity index (χ4n) is 9.73. The third-order valence-corrected chi connectivity index (χ3v) is 11.2. The summed E-state index contributed by atoms with van der Waals surface area (Å²) in [5, 5.41) is 13.1. The molecule has 3 saturated carbocycles. The molecule has 0 aromatic heterocycles. The van der Waals surface area contributed by atoms with Crippen LogP contribution in [-0.4, -0.2) is 50.2 Å². The number of benzene rings is 1. The molecule has 2 saturated heterocycles. The van der Waals surface area contributed by atoms with Crippen LogP contribution in [0.2, 0.25) is 0 Å². The van der Waals surface area contributed by atoms with Gasteiger partial charge in [-0.05, 0) is 73.1 Å². The Morgan fingerprint density at radius 1 is 0.889 bits per heavy atom. The first-order valence-electron chi connectivity index (χ1n) is 13.9. The summed E-state index contributed by atoms with van der Waals surface area (Å²) in [6.07, 6.45) is 8.85. The summed E-state index contributed by atoms with van der Waals surface area (Å²) in [4.78, 5) is 0. The third-order valence-electron chi connectivity index (χ3n) is 11.2. The number of methoxy groups -OCH3 is 1. The highest BCUT2D eigenvalue weighted by molar-refractivity contribution is 5.38. The molecule has 36 heavy (non-hydrogen) atoms. The predicted octanol–water partition coefficient (Wildman–Crippen LogP) is 4.94. The predicted molar refractivity (Wildman–Crippen MR) is 133 cm³/mol. The lowest BCUT2D eigenvalue weighted by Crippen LogP contribution is -2.64. The molecule has 1 N–H and O–H groups in total. The first-order valence-corrected chi connectivity index (χ1v) is 13.9. The van der Waals surface area contributed by atoms with Gasteiger partial charge >= 0.3 is 0 Å². The van der Waals surface area contributed by atoms with Crippen LogP contribution in [0.1, 0.15) is 64.4 Å². The minimum atomic E-state index is -1.01. The van der Waals surface area contributed by atoms with Crippen molar-refractivity contribution in [2.24, 2.45) is 28.6 Å². The van der Waals surface area contributed by atoms with Gasteiger partial charge in [0.15, 0.2) is 11.6 Å². The SMILES string of the molecule is COc1ccc([C@]2(O)C[C@@]3(C)[C@@H](CCC34OCCO4)[C@@H]3CCC4=CC5(CC[C@]4(C)[C@H]32)OCCO5)cc1. The zero-order valence-electron chi connectivity index (χ0n) is 21.9. The number of aliphatic hydroxyl groups is 1. The fraction of sp³-hybridized carbons (Fsp3) is 0.733. The number of allylic oxidation sites excluding steroid dienone is 1. The van der Waals surface area contributed by atoms with Crippen LogP contribution in [0, 0.1) is 28.6 Å². The lowest BCUT2D eigenvalue weighted by Gasteiger charge is -2.65. The van der Waals surface area contributed by atoms with Crippen molar-refractivity contribution in [1.82, 2.24) is 0 Å². The lowest BCUT2D eigenvalue weighted by atomic mass is 9.42. The van der Waals surface area contributed by atoms with Crippen molar-refractivity contribution in [1.29, 1.82) is 0 Å². The van der Waals surface area contributed by atoms with Crippen molar-refractivity contribution in [2.75, 3.05) is 33.5 Å². The second kappa shape index (κ2) is 7.79. The maximum atomic E-state index is 13.1. The van der Waals surface area contributed by atoms with Gasteiger partial charge in [0.2, 0.25) is 0 Å². The monoisotopic (exact) mass is 496 g/mol. The van der Waals surface area contributed by atoms with Gasteiger partial charge in [0.05, 0.1) is 39.1 Å². The van der Waals surface area contributed by atoms with E-state index >= 15 is 0 Å². The summed E-state index contributed by atoms with van der Waals surface area (Å²) >= 11 is 0. The minimum absolute atomic E-state index is 0.103. The van der Waals surface area contributed by atoms with E-state index in [-0.39, 0.29) is 16.7 Å². The minimum Gasteiger partial charge on any atom is -0.497 e. The highest BCUT2D eigenvalue weighted by Crippen LogP contribution is 2.73. The maximum absolute atomic E-state index is 13.1. The highest BCUT2D eigenvalue weighted by Gasteiger charge is 2.72. The molecule has 6 aliphatic rings. The molecule has 6 nitrogen and oxygen atoms in total. The first-order chi connectivity index (χ1) is 17.3. The largest absolute Gasteiger partial charge is 0.497 e. The van der Waals surface area contributed by atoms with E-state index in [1.165, 1.54) is 5.57 Å². The standard InChI is InChI=1S/C30H40O6/c1-26-12-13-28(33-14-15-34-28)18-21(26)6-9-23-24-10-11-30(35-16-17-36-30)27(24,2)19-29(31,25(23)26)20-4-7-22(32-3)8-5-20/h4-5,7-8,18,23-25,31H,6,9-17,19H2,1-3H3/t23-,24-,25-,26-,27-,29+/m0/s1. The molecule has 7 rings (SSSR count). The molecule has 1 aromatic carbocycles. The highest BCUT2D eigenvalue weighted by atomic mass is 16.7. The third kappa shape index (κ3) is 2.97. The van der Waals surface area contributed by atoms with Crippen LogP contribution in [0.15, 0.2) is 35.9 Å². The van der Waals surface area contributed by atoms with Crippen LogP contribution in [0.4, 0.5) is 0 Å². The van der Waals surface area contributed by atoms with Crippen molar-refractivity contribution >= 4 is 0 Å². The number of fused-ring (bicyclic) bond motifs is 6. The molecule has 0 unspecified atom stereocenters. The lowest BCUT2D eigenvalue weighted by molar-refractivity contribution is -0.281. The first kappa shape index (κ1) is 23.7. The second-order valence-electron chi connectivity index (χ2n) is 12.6. The van der Waals surface area contributed by atoms with Gasteiger partial charge < -0.3 is 28.8 Å². The van der Waals surface area contributed by atoms with Gasteiger partial charge in [-0.25, -0.2) is 0 Å². The van der Waals surface area contributed by atoms with Gasteiger partial charge in [0, 0.05) is 24.2 Å². The van der Waals surface area contributed by atoms with Crippen LogP contribution in [0.5, 0.6) is 5.75 Å². The summed E-state index contributed by atoms with van der Waals surface area (Å²) in [6, 6.07) is 8.13. The molecule has 0 bridgehead atoms. The number of rotatable bonds is 2. The summed E-state index contributed by atoms with van der Waals surface area (Å²) < 4.78 is 30.5. The Hall–Kier alpha value is -1.44. The molecule has 1 aromatic rings. The quantitative estimate of drug-likeness (QED) is 0.585. The Bertz CT molecular complexity index is 1050. The molecule has 0 radical (unpaired) electrons. The summed E-state index contributed by atoms with van der Waals surface area (Å²) in [7, 11) is 1.69. The van der Waals surface area contributed by atoms with Crippen LogP contribution in [-0.2, 0) is 24.5 Å². The molecule has 2 heterocycles. The van der Waals surface area contributed by atoms with Crippen molar-refractivity contribution < 1.29 is 28.8 Å². The fourth-order valence-corrected chi connectivity index (χ4v) is 9.73. The van der Waals surface area contributed by atoms with Gasteiger partial charge in [-0.15, -0.1) is 0 Å². The molecule has 6 atom stereocenters. The molecule has 2 spiro atoms. The van der Waals surface area contributed by atoms with Crippen molar-refractivity contribution in [3.63, 3.8) is 0 Å². The molecule has 0 amide bonds. The van der Waals surface area contributed by atoms with Crippen LogP contribution in [0.3, 0.4) is 0 Å². The molecule has 4 aliphatic carbocycles. The van der Waals surface area contributed by atoms with Crippen molar-refractivity contribution in [2.45, 2.75) is 76.0 Å². The van der Waals surface area contributed by atoms with Crippen LogP contribution >= 0.6 is 0 Å². The molecule has 6 heteroatoms. The average molecular weight is 497 g/mol. The van der Waals surface area contributed by atoms with Gasteiger partial charge in [-0.1, -0.05) is 31.6 Å². The summed E-state index contributed by atoms with van der Waals surface area (Å²) in [5.74, 6) is 0.627. The van der Waals surface area contributed by atoms with Gasteiger partial charge in [-0.2, -0.15) is 0 Å². The van der Waals surface area contributed by atoms with Crippen molar-refractivity contribution in [3.05, 3.63) is 41.5 Å². The molecule has 2 aliphatic heterocycles. The maximum Gasteiger partial charge on any atom is 0.188 e. The van der Waals surface area contributed by atoms with Gasteiger partial charge in [-0.3, -0.25) is 0 Å². The molecule has 196 valence electrons. The average Bonchev–Trinajstić information content (AvgIpc) is 3.61. The number of hydrogen-bond acceptors (Lipinski definition) is 6. The van der Waals surface area contributed by atoms with E-state index in [2.05, 4.69) is 32.1 Å². The second-order valence-corrected chi connectivity index (χ2v) is 12.6. The summed E-state index contributed by atoms with van der Waals surface area (Å²) in [6.45, 7) is 7.34. The summed E-state index contributed by atoms with van der Waals surface area (Å²) in [5.41, 5.74) is 1.02. The van der Waals surface area contributed by atoms with Gasteiger partial charge in [0.25, 0.3) is 0 Å². The van der Waals surface area contributed by atoms with E-state index in [0.29, 0.717) is 44.7 Å². The Labute approximate surface area is 214 Å². The Morgan fingerprint density at radius 2 is 1.58 bits per heavy atom. The normalized spacial score (nSPS) is 44.2. The van der Waals surface area contributed by atoms with E-state index in [9.17, 15) is 5.11 Å². The van der Waals surface area contributed by atoms with E-state index < -0.39 is 17.2 Å². The zero-order valence-corrected chi connectivity index (χ0v) is 21.9. The van der Waals surface area contributed by atoms with E-state index in [1.54, 1.807) is 7.11 Å². The Morgan fingerprint density at radius 3 is 2.28 bits per heavy atom. The van der Waals surface area contributed by atoms with Crippen LogP contribution in [0.25, 0.3) is 0 Å². The smallest absolute Gasteiger partial charge is 0.188 e. The number of hydrogen-bond donors (Lipinski definition) is 1. The number of ether oxygens (including phenoxy) is 5. The topological polar surface area (TPSA) is 66.4 Å². The van der Waals surface area contributed by atoms with Crippen molar-refractivity contribution in [3.8, 4) is 5.75 Å².